The van der Waals surface area contributed by atoms with Gasteiger partial charge in [0, 0.05) is 25.4 Å². The van der Waals surface area contributed by atoms with Gasteiger partial charge in [0.2, 0.25) is 5.91 Å². The zero-order valence-corrected chi connectivity index (χ0v) is 13.8. The average Bonchev–Trinajstić information content (AvgIpc) is 2.61. The molecular formula is C19H26N2O. The lowest BCUT2D eigenvalue weighted by molar-refractivity contribution is -0.121. The molecule has 1 amide bonds. The lowest BCUT2D eigenvalue weighted by Crippen LogP contribution is -2.23. The molecule has 0 unspecified atom stereocenters. The van der Waals surface area contributed by atoms with Crippen LogP contribution in [-0.4, -0.2) is 10.9 Å². The largest absolute Gasteiger partial charge is 0.352 e. The van der Waals surface area contributed by atoms with Crippen molar-refractivity contribution in [2.24, 2.45) is 0 Å². The molecule has 0 spiro atoms. The molecule has 3 nitrogen and oxygen atoms in total. The predicted octanol–water partition coefficient (Wildman–Crippen LogP) is 3.92. The number of hydrogen-bond donors (Lipinski definition) is 1. The maximum atomic E-state index is 11.8. The van der Waals surface area contributed by atoms with Crippen LogP contribution in [0.4, 0.5) is 0 Å². The minimum absolute atomic E-state index is 0.0794. The molecule has 1 aromatic heterocycles. The highest BCUT2D eigenvalue weighted by Crippen LogP contribution is 2.04. The van der Waals surface area contributed by atoms with Gasteiger partial charge in [-0.25, -0.2) is 0 Å². The first-order chi connectivity index (χ1) is 10.8. The molecule has 0 aliphatic rings. The van der Waals surface area contributed by atoms with Crippen molar-refractivity contribution in [2.45, 2.75) is 46.6 Å². The molecule has 0 saturated heterocycles. The van der Waals surface area contributed by atoms with Crippen LogP contribution in [0.5, 0.6) is 0 Å². The van der Waals surface area contributed by atoms with Crippen LogP contribution in [0.2, 0.25) is 0 Å². The molecule has 0 aliphatic heterocycles. The van der Waals surface area contributed by atoms with Crippen LogP contribution < -0.4 is 5.32 Å². The highest BCUT2D eigenvalue weighted by Gasteiger charge is 2.03. The van der Waals surface area contributed by atoms with Crippen molar-refractivity contribution in [3.8, 4) is 0 Å². The molecule has 0 bridgehead atoms. The number of benzene rings is 1. The van der Waals surface area contributed by atoms with Gasteiger partial charge in [-0.15, -0.1) is 0 Å². The van der Waals surface area contributed by atoms with Gasteiger partial charge in [-0.3, -0.25) is 9.78 Å². The van der Waals surface area contributed by atoms with Crippen molar-refractivity contribution in [2.75, 3.05) is 0 Å². The number of carbonyl (C=O) groups is 1. The number of pyridine rings is 1. The molecule has 1 aromatic carbocycles. The summed E-state index contributed by atoms with van der Waals surface area (Å²) in [6, 6.07) is 12.1. The van der Waals surface area contributed by atoms with Crippen LogP contribution in [0, 0.1) is 0 Å². The van der Waals surface area contributed by atoms with E-state index >= 15 is 0 Å². The second-order valence-electron chi connectivity index (χ2n) is 4.82. The van der Waals surface area contributed by atoms with E-state index in [0.717, 1.165) is 18.4 Å². The van der Waals surface area contributed by atoms with Crippen molar-refractivity contribution in [3.05, 3.63) is 65.5 Å². The summed E-state index contributed by atoms with van der Waals surface area (Å²) in [4.78, 5) is 16.0. The lowest BCUT2D eigenvalue weighted by atomic mass is 10.1. The Bertz CT molecular complexity index is 552. The predicted molar refractivity (Wildman–Crippen MR) is 91.6 cm³/mol. The van der Waals surface area contributed by atoms with Crippen LogP contribution in [0.3, 0.4) is 0 Å². The fraction of sp³-hybridized carbons (Fsp3) is 0.368. The molecule has 2 aromatic rings. The highest BCUT2D eigenvalue weighted by atomic mass is 16.1. The summed E-state index contributed by atoms with van der Waals surface area (Å²) in [6.07, 6.45) is 5.92. The Kier molecular flexibility index (Phi) is 8.58. The van der Waals surface area contributed by atoms with Crippen LogP contribution in [0.15, 0.2) is 48.8 Å². The first kappa shape index (κ1) is 17.9. The smallest absolute Gasteiger partial charge is 0.220 e. The second-order valence-corrected chi connectivity index (χ2v) is 4.82. The molecule has 22 heavy (non-hydrogen) atoms. The van der Waals surface area contributed by atoms with Crippen molar-refractivity contribution in [3.63, 3.8) is 0 Å². The average molecular weight is 298 g/mol. The van der Waals surface area contributed by atoms with E-state index in [1.807, 2.05) is 50.4 Å². The maximum Gasteiger partial charge on any atom is 0.220 e. The Labute approximate surface area is 133 Å². The van der Waals surface area contributed by atoms with Crippen LogP contribution in [0.1, 0.15) is 43.9 Å². The van der Waals surface area contributed by atoms with E-state index in [1.54, 1.807) is 6.20 Å². The van der Waals surface area contributed by atoms with E-state index in [1.165, 1.54) is 11.1 Å². The molecule has 0 saturated carbocycles. The Morgan fingerprint density at radius 2 is 1.73 bits per heavy atom. The fourth-order valence-electron chi connectivity index (χ4n) is 2.02. The third-order valence-corrected chi connectivity index (χ3v) is 3.23. The maximum absolute atomic E-state index is 11.8. The minimum atomic E-state index is 0.0794. The van der Waals surface area contributed by atoms with Crippen molar-refractivity contribution in [1.82, 2.24) is 10.3 Å². The quantitative estimate of drug-likeness (QED) is 0.878. The lowest BCUT2D eigenvalue weighted by Gasteiger charge is -2.06. The molecule has 0 fully saturated rings. The summed E-state index contributed by atoms with van der Waals surface area (Å²) in [5.74, 6) is 0.0794. The van der Waals surface area contributed by atoms with E-state index in [-0.39, 0.29) is 5.91 Å². The van der Waals surface area contributed by atoms with E-state index in [9.17, 15) is 4.79 Å². The van der Waals surface area contributed by atoms with Gasteiger partial charge in [-0.05, 0) is 29.5 Å². The van der Waals surface area contributed by atoms with Gasteiger partial charge < -0.3 is 5.32 Å². The Morgan fingerprint density at radius 3 is 2.41 bits per heavy atom. The van der Waals surface area contributed by atoms with Gasteiger partial charge in [0.05, 0.1) is 0 Å². The Balaban J connectivity index is 0.00000116. The molecular weight excluding hydrogens is 272 g/mol. The monoisotopic (exact) mass is 298 g/mol. The number of amides is 1. The molecule has 0 aliphatic carbocycles. The van der Waals surface area contributed by atoms with Gasteiger partial charge in [0.1, 0.15) is 0 Å². The summed E-state index contributed by atoms with van der Waals surface area (Å²) in [7, 11) is 0. The van der Waals surface area contributed by atoms with Crippen LogP contribution in [-0.2, 0) is 24.2 Å². The van der Waals surface area contributed by atoms with E-state index < -0.39 is 0 Å². The molecule has 0 atom stereocenters. The van der Waals surface area contributed by atoms with Crippen molar-refractivity contribution < 1.29 is 4.79 Å². The van der Waals surface area contributed by atoms with Crippen molar-refractivity contribution >= 4 is 5.91 Å². The summed E-state index contributed by atoms with van der Waals surface area (Å²) >= 11 is 0. The first-order valence-electron chi connectivity index (χ1n) is 8.01. The van der Waals surface area contributed by atoms with Gasteiger partial charge >= 0.3 is 0 Å². The Hall–Kier alpha value is -2.16. The minimum Gasteiger partial charge on any atom is -0.352 e. The summed E-state index contributed by atoms with van der Waals surface area (Å²) < 4.78 is 0. The normalized spacial score (nSPS) is 9.59. The fourth-order valence-corrected chi connectivity index (χ4v) is 2.02. The van der Waals surface area contributed by atoms with Crippen LogP contribution >= 0.6 is 0 Å². The topological polar surface area (TPSA) is 42.0 Å². The van der Waals surface area contributed by atoms with E-state index in [4.69, 9.17) is 0 Å². The van der Waals surface area contributed by atoms with Gasteiger partial charge in [-0.1, -0.05) is 57.2 Å². The van der Waals surface area contributed by atoms with E-state index in [0.29, 0.717) is 13.0 Å². The van der Waals surface area contributed by atoms with Gasteiger partial charge in [0.25, 0.3) is 0 Å². The number of aromatic nitrogens is 1. The number of carbonyl (C=O) groups excluding carboxylic acids is 1. The molecule has 3 heteroatoms. The molecule has 1 heterocycles. The number of nitrogens with zero attached hydrogens (tertiary/aromatic N) is 1. The molecule has 1 N–H and O–H groups in total. The number of nitrogens with one attached hydrogen (secondary N) is 1. The molecule has 118 valence electrons. The molecule has 0 radical (unpaired) electrons. The third-order valence-electron chi connectivity index (χ3n) is 3.23. The van der Waals surface area contributed by atoms with Crippen LogP contribution in [0.25, 0.3) is 0 Å². The van der Waals surface area contributed by atoms with Gasteiger partial charge in [0.15, 0.2) is 0 Å². The number of hydrogen-bond acceptors (Lipinski definition) is 2. The Morgan fingerprint density at radius 1 is 1.05 bits per heavy atom. The zero-order valence-electron chi connectivity index (χ0n) is 13.8. The van der Waals surface area contributed by atoms with E-state index in [2.05, 4.69) is 23.3 Å². The standard InChI is InChI=1S/C17H20N2O.C2H6/c1-2-14-10-16(12-18-11-14)13-19-17(20)9-8-15-6-4-3-5-7-15;1-2/h3-7,10-12H,2,8-9,13H2,1H3,(H,19,20);1-2H3. The summed E-state index contributed by atoms with van der Waals surface area (Å²) in [5, 5.41) is 2.94. The third kappa shape index (κ3) is 6.53. The first-order valence-corrected chi connectivity index (χ1v) is 8.01. The van der Waals surface area contributed by atoms with Gasteiger partial charge in [-0.2, -0.15) is 0 Å². The molecule has 2 rings (SSSR count). The number of aryl methyl sites for hydroxylation is 2. The summed E-state index contributed by atoms with van der Waals surface area (Å²) in [6.45, 7) is 6.65. The van der Waals surface area contributed by atoms with Crippen molar-refractivity contribution in [1.29, 1.82) is 0 Å². The second kappa shape index (κ2) is 10.6. The summed E-state index contributed by atoms with van der Waals surface area (Å²) in [5.41, 5.74) is 3.44. The zero-order chi connectivity index (χ0) is 16.2. The number of rotatable bonds is 6. The highest BCUT2D eigenvalue weighted by molar-refractivity contribution is 5.76. The SMILES string of the molecule is CC.CCc1cncc(CNC(=O)CCc2ccccc2)c1.